The van der Waals surface area contributed by atoms with Crippen LogP contribution in [0.15, 0.2) is 29.3 Å². The first-order chi connectivity index (χ1) is 14.8. The number of aliphatic imine (C=N–C) groups is 1. The van der Waals surface area contributed by atoms with Gasteiger partial charge in [0.2, 0.25) is 0 Å². The van der Waals surface area contributed by atoms with E-state index in [1.807, 2.05) is 6.07 Å². The third-order valence-corrected chi connectivity index (χ3v) is 6.26. The van der Waals surface area contributed by atoms with Crippen molar-refractivity contribution in [2.45, 2.75) is 50.9 Å². The lowest BCUT2D eigenvalue weighted by atomic mass is 9.78. The van der Waals surface area contributed by atoms with Crippen LogP contribution < -0.4 is 15.4 Å². The summed E-state index contributed by atoms with van der Waals surface area (Å²) in [7, 11) is 1.76. The molecule has 6 nitrogen and oxygen atoms in total. The Morgan fingerprint density at radius 2 is 2.03 bits per heavy atom. The minimum Gasteiger partial charge on any atom is -0.496 e. The van der Waals surface area contributed by atoms with E-state index >= 15 is 0 Å². The van der Waals surface area contributed by atoms with E-state index < -0.39 is 0 Å². The zero-order valence-electron chi connectivity index (χ0n) is 19.2. The van der Waals surface area contributed by atoms with Crippen LogP contribution in [0.25, 0.3) is 0 Å². The van der Waals surface area contributed by atoms with Gasteiger partial charge in [0.25, 0.3) is 0 Å². The second-order valence-electron chi connectivity index (χ2n) is 8.47. The van der Waals surface area contributed by atoms with E-state index in [-0.39, 0.29) is 29.4 Å². The molecular formula is C24H40IN3O3. The molecule has 3 rings (SSSR count). The average molecular weight is 546 g/mol. The van der Waals surface area contributed by atoms with Crippen LogP contribution in [0, 0.1) is 5.92 Å². The van der Waals surface area contributed by atoms with Gasteiger partial charge >= 0.3 is 0 Å². The number of nitrogens with one attached hydrogen (secondary N) is 2. The lowest BCUT2D eigenvalue weighted by Gasteiger charge is -2.30. The van der Waals surface area contributed by atoms with Crippen LogP contribution in [0.5, 0.6) is 5.75 Å². The maximum absolute atomic E-state index is 5.81. The van der Waals surface area contributed by atoms with E-state index in [1.54, 1.807) is 7.11 Å². The number of methoxy groups -OCH3 is 1. The highest BCUT2D eigenvalue weighted by Gasteiger charge is 2.37. The van der Waals surface area contributed by atoms with Gasteiger partial charge in [0, 0.05) is 43.2 Å². The Kier molecular flexibility index (Phi) is 12.0. The van der Waals surface area contributed by atoms with E-state index in [1.165, 1.54) is 18.4 Å². The number of hydrogen-bond donors (Lipinski definition) is 2. The molecule has 1 heterocycles. The lowest BCUT2D eigenvalue weighted by Crippen LogP contribution is -2.39. The molecule has 0 radical (unpaired) electrons. The average Bonchev–Trinajstić information content (AvgIpc) is 3.47. The van der Waals surface area contributed by atoms with Crippen LogP contribution in [0.4, 0.5) is 0 Å². The molecule has 1 atom stereocenters. The Balaban J connectivity index is 0.00000341. The molecule has 1 saturated heterocycles. The Labute approximate surface area is 204 Å². The van der Waals surface area contributed by atoms with E-state index in [2.05, 4.69) is 35.8 Å². The molecule has 0 spiro atoms. The summed E-state index contributed by atoms with van der Waals surface area (Å²) >= 11 is 0. The molecule has 1 aliphatic carbocycles. The zero-order valence-corrected chi connectivity index (χ0v) is 21.5. The van der Waals surface area contributed by atoms with Crippen molar-refractivity contribution in [1.29, 1.82) is 0 Å². The molecule has 1 aliphatic heterocycles. The third-order valence-electron chi connectivity index (χ3n) is 6.26. The van der Waals surface area contributed by atoms with Gasteiger partial charge in [-0.15, -0.1) is 24.0 Å². The zero-order chi connectivity index (χ0) is 21.1. The molecule has 0 amide bonds. The predicted molar refractivity (Wildman–Crippen MR) is 137 cm³/mol. The van der Waals surface area contributed by atoms with Gasteiger partial charge in [-0.1, -0.05) is 31.0 Å². The highest BCUT2D eigenvalue weighted by molar-refractivity contribution is 14.0. The van der Waals surface area contributed by atoms with Gasteiger partial charge in [-0.3, -0.25) is 4.99 Å². The molecule has 31 heavy (non-hydrogen) atoms. The first-order valence-corrected chi connectivity index (χ1v) is 11.6. The molecule has 1 unspecified atom stereocenters. The van der Waals surface area contributed by atoms with Gasteiger partial charge in [0.1, 0.15) is 5.75 Å². The van der Waals surface area contributed by atoms with Crippen molar-refractivity contribution in [2.75, 3.05) is 53.2 Å². The van der Waals surface area contributed by atoms with Gasteiger partial charge < -0.3 is 24.8 Å². The molecule has 1 aromatic carbocycles. The Bertz CT molecular complexity index is 659. The van der Waals surface area contributed by atoms with Gasteiger partial charge in [-0.05, 0) is 38.7 Å². The fourth-order valence-corrected chi connectivity index (χ4v) is 4.57. The molecule has 1 saturated carbocycles. The van der Waals surface area contributed by atoms with Crippen LogP contribution >= 0.6 is 24.0 Å². The number of benzene rings is 1. The van der Waals surface area contributed by atoms with Crippen molar-refractivity contribution < 1.29 is 14.2 Å². The highest BCUT2D eigenvalue weighted by Crippen LogP contribution is 2.44. The standard InChI is InChI=1S/C24H39N3O3.HI/c1-3-25-23(26-14-8-15-29-17-20-11-16-30-18-20)27-19-24(12-6-7-13-24)21-9-4-5-10-22(21)28-2;/h4-5,9-10,20H,3,6-8,11-19H2,1-2H3,(H2,25,26,27);1H. The van der Waals surface area contributed by atoms with Crippen LogP contribution in [-0.2, 0) is 14.9 Å². The molecule has 0 bridgehead atoms. The van der Waals surface area contributed by atoms with Crippen LogP contribution in [0.3, 0.4) is 0 Å². The first-order valence-electron chi connectivity index (χ1n) is 11.6. The third kappa shape index (κ3) is 7.79. The number of ether oxygens (including phenoxy) is 3. The monoisotopic (exact) mass is 545 g/mol. The van der Waals surface area contributed by atoms with Gasteiger partial charge in [0.15, 0.2) is 5.96 Å². The number of para-hydroxylation sites is 1. The largest absolute Gasteiger partial charge is 0.496 e. The minimum absolute atomic E-state index is 0. The molecule has 2 N–H and O–H groups in total. The maximum Gasteiger partial charge on any atom is 0.191 e. The summed E-state index contributed by atoms with van der Waals surface area (Å²) in [5.41, 5.74) is 1.37. The Morgan fingerprint density at radius 3 is 2.74 bits per heavy atom. The van der Waals surface area contributed by atoms with Crippen LogP contribution in [0.1, 0.15) is 51.0 Å². The summed E-state index contributed by atoms with van der Waals surface area (Å²) < 4.78 is 16.9. The van der Waals surface area contributed by atoms with Crippen molar-refractivity contribution >= 4 is 29.9 Å². The maximum atomic E-state index is 5.81. The van der Waals surface area contributed by atoms with Crippen LogP contribution in [-0.4, -0.2) is 59.1 Å². The second kappa shape index (κ2) is 14.2. The quantitative estimate of drug-likeness (QED) is 0.190. The SMILES string of the molecule is CCNC(=NCC1(c2ccccc2OC)CCCC1)NCCCOCC1CCOC1.I. The van der Waals surface area contributed by atoms with Gasteiger partial charge in [-0.2, -0.15) is 0 Å². The molecule has 1 aromatic rings. The fourth-order valence-electron chi connectivity index (χ4n) is 4.57. The van der Waals surface area contributed by atoms with E-state index in [4.69, 9.17) is 19.2 Å². The topological polar surface area (TPSA) is 64.1 Å². The van der Waals surface area contributed by atoms with Crippen LogP contribution in [0.2, 0.25) is 0 Å². The lowest BCUT2D eigenvalue weighted by molar-refractivity contribution is 0.0888. The molecular weight excluding hydrogens is 505 g/mol. The van der Waals surface area contributed by atoms with E-state index in [0.717, 1.165) is 83.5 Å². The summed E-state index contributed by atoms with van der Waals surface area (Å²) in [6.07, 6.45) is 6.92. The molecule has 2 fully saturated rings. The molecule has 7 heteroatoms. The normalized spacial score (nSPS) is 20.3. The predicted octanol–water partition coefficient (Wildman–Crippen LogP) is 4.12. The van der Waals surface area contributed by atoms with Crippen molar-refractivity contribution in [3.63, 3.8) is 0 Å². The fraction of sp³-hybridized carbons (Fsp3) is 0.708. The van der Waals surface area contributed by atoms with Gasteiger partial charge in [0.05, 0.1) is 26.9 Å². The molecule has 2 aliphatic rings. The minimum atomic E-state index is 0. The van der Waals surface area contributed by atoms with Crippen molar-refractivity contribution in [2.24, 2.45) is 10.9 Å². The Morgan fingerprint density at radius 1 is 1.23 bits per heavy atom. The molecule has 0 aromatic heterocycles. The van der Waals surface area contributed by atoms with Crippen molar-refractivity contribution in [3.8, 4) is 5.75 Å². The first kappa shape index (κ1) is 26.2. The number of guanidine groups is 1. The smallest absolute Gasteiger partial charge is 0.191 e. The summed E-state index contributed by atoms with van der Waals surface area (Å²) in [6, 6.07) is 8.44. The summed E-state index contributed by atoms with van der Waals surface area (Å²) in [5.74, 6) is 2.45. The summed E-state index contributed by atoms with van der Waals surface area (Å²) in [6.45, 7) is 7.91. The molecule has 176 valence electrons. The number of rotatable bonds is 11. The van der Waals surface area contributed by atoms with Crippen molar-refractivity contribution in [1.82, 2.24) is 10.6 Å². The van der Waals surface area contributed by atoms with E-state index in [9.17, 15) is 0 Å². The summed E-state index contributed by atoms with van der Waals surface area (Å²) in [4.78, 5) is 4.98. The number of halogens is 1. The second-order valence-corrected chi connectivity index (χ2v) is 8.47. The van der Waals surface area contributed by atoms with Crippen molar-refractivity contribution in [3.05, 3.63) is 29.8 Å². The summed E-state index contributed by atoms with van der Waals surface area (Å²) in [5, 5.41) is 6.86. The number of hydrogen-bond acceptors (Lipinski definition) is 4. The van der Waals surface area contributed by atoms with E-state index in [0.29, 0.717) is 5.92 Å². The number of nitrogens with zero attached hydrogens (tertiary/aromatic N) is 1. The Hall–Kier alpha value is -1.06. The highest BCUT2D eigenvalue weighted by atomic mass is 127. The van der Waals surface area contributed by atoms with Gasteiger partial charge in [-0.25, -0.2) is 0 Å².